The molecular weight excluding hydrogens is 281 g/mol. The average molecular weight is 294 g/mol. The van der Waals surface area contributed by atoms with E-state index in [4.69, 9.17) is 5.26 Å². The van der Waals surface area contributed by atoms with Crippen molar-refractivity contribution < 1.29 is 13.2 Å². The molecule has 0 unspecified atom stereocenters. The Labute approximate surface area is 119 Å². The topological polar surface area (TPSA) is 53.6 Å². The molecule has 2 aromatic rings. The smallest absolute Gasteiger partial charge is 0.385 e. The van der Waals surface area contributed by atoms with Crippen molar-refractivity contribution in [1.29, 1.82) is 5.26 Å². The van der Waals surface area contributed by atoms with Crippen LogP contribution in [0.4, 0.5) is 18.9 Å². The van der Waals surface area contributed by atoms with Gasteiger partial charge in [0, 0.05) is 31.2 Å². The van der Waals surface area contributed by atoms with E-state index < -0.39 is 11.7 Å². The van der Waals surface area contributed by atoms with E-state index in [9.17, 15) is 13.2 Å². The minimum atomic E-state index is -4.53. The van der Waals surface area contributed by atoms with E-state index in [2.05, 4.69) is 10.4 Å². The van der Waals surface area contributed by atoms with Crippen LogP contribution in [0.3, 0.4) is 0 Å². The fraction of sp³-hybridized carbons (Fsp3) is 0.286. The van der Waals surface area contributed by atoms with Gasteiger partial charge >= 0.3 is 6.18 Å². The van der Waals surface area contributed by atoms with Gasteiger partial charge in [-0.05, 0) is 30.7 Å². The average Bonchev–Trinajstić information content (AvgIpc) is 2.95. The van der Waals surface area contributed by atoms with Gasteiger partial charge in [-0.15, -0.1) is 0 Å². The molecule has 1 aromatic carbocycles. The van der Waals surface area contributed by atoms with Crippen LogP contribution in [0.1, 0.15) is 17.5 Å². The molecule has 7 heteroatoms. The van der Waals surface area contributed by atoms with Gasteiger partial charge in [0.15, 0.2) is 0 Å². The number of hydrogen-bond donors (Lipinski definition) is 1. The maximum atomic E-state index is 12.8. The first kappa shape index (κ1) is 14.9. The largest absolute Gasteiger partial charge is 0.417 e. The number of nitrogens with one attached hydrogen (secondary N) is 1. The van der Waals surface area contributed by atoms with E-state index in [1.807, 2.05) is 12.3 Å². The Kier molecular flexibility index (Phi) is 4.48. The second kappa shape index (κ2) is 6.31. The Morgan fingerprint density at radius 2 is 2.14 bits per heavy atom. The Hall–Kier alpha value is -2.49. The monoisotopic (exact) mass is 294 g/mol. The van der Waals surface area contributed by atoms with Crippen LogP contribution in [0.2, 0.25) is 0 Å². The first-order valence-electron chi connectivity index (χ1n) is 6.33. The van der Waals surface area contributed by atoms with Gasteiger partial charge in [0.1, 0.15) is 0 Å². The van der Waals surface area contributed by atoms with Crippen LogP contribution in [-0.2, 0) is 12.7 Å². The number of hydrogen-bond acceptors (Lipinski definition) is 3. The molecule has 110 valence electrons. The maximum absolute atomic E-state index is 12.8. The minimum Gasteiger partial charge on any atom is -0.385 e. The van der Waals surface area contributed by atoms with E-state index in [1.54, 1.807) is 16.9 Å². The van der Waals surface area contributed by atoms with Crippen LogP contribution < -0.4 is 5.32 Å². The molecule has 0 amide bonds. The summed E-state index contributed by atoms with van der Waals surface area (Å²) < 4.78 is 40.1. The summed E-state index contributed by atoms with van der Waals surface area (Å²) in [6.07, 6.45) is -0.312. The van der Waals surface area contributed by atoms with Gasteiger partial charge in [0.2, 0.25) is 0 Å². The van der Waals surface area contributed by atoms with Gasteiger partial charge in [-0.25, -0.2) is 0 Å². The lowest BCUT2D eigenvalue weighted by Crippen LogP contribution is -2.11. The summed E-state index contributed by atoms with van der Waals surface area (Å²) in [6, 6.07) is 6.98. The van der Waals surface area contributed by atoms with Gasteiger partial charge in [0.25, 0.3) is 0 Å². The van der Waals surface area contributed by atoms with Crippen LogP contribution in [0.25, 0.3) is 0 Å². The molecule has 1 aromatic heterocycles. The summed E-state index contributed by atoms with van der Waals surface area (Å²) in [7, 11) is 0. The second-order valence-corrected chi connectivity index (χ2v) is 4.42. The number of benzene rings is 1. The van der Waals surface area contributed by atoms with Gasteiger partial charge in [-0.3, -0.25) is 4.68 Å². The van der Waals surface area contributed by atoms with Crippen molar-refractivity contribution in [2.24, 2.45) is 0 Å². The molecule has 0 aliphatic heterocycles. The van der Waals surface area contributed by atoms with Crippen LogP contribution in [0.5, 0.6) is 0 Å². The Morgan fingerprint density at radius 1 is 1.33 bits per heavy atom. The molecule has 0 spiro atoms. The molecule has 2 rings (SSSR count). The minimum absolute atomic E-state index is 0.349. The molecular formula is C14H13F3N4. The van der Waals surface area contributed by atoms with E-state index in [-0.39, 0.29) is 5.56 Å². The molecule has 0 saturated heterocycles. The number of anilines is 1. The molecule has 1 heterocycles. The third-order valence-electron chi connectivity index (χ3n) is 2.90. The zero-order valence-electron chi connectivity index (χ0n) is 11.1. The van der Waals surface area contributed by atoms with E-state index in [1.165, 1.54) is 12.1 Å². The summed E-state index contributed by atoms with van der Waals surface area (Å²) in [5, 5.41) is 15.7. The summed E-state index contributed by atoms with van der Waals surface area (Å²) in [6.45, 7) is 1.20. The molecule has 0 atom stereocenters. The molecule has 21 heavy (non-hydrogen) atoms. The van der Waals surface area contributed by atoms with Crippen LogP contribution in [0.15, 0.2) is 36.7 Å². The van der Waals surface area contributed by atoms with Crippen molar-refractivity contribution in [2.75, 3.05) is 11.9 Å². The molecule has 0 aliphatic rings. The number of nitriles is 1. The molecule has 0 fully saturated rings. The summed E-state index contributed by atoms with van der Waals surface area (Å²) in [4.78, 5) is 0. The van der Waals surface area contributed by atoms with Gasteiger partial charge in [0.05, 0.1) is 17.2 Å². The van der Waals surface area contributed by atoms with Gasteiger partial charge in [-0.1, -0.05) is 0 Å². The lowest BCUT2D eigenvalue weighted by molar-refractivity contribution is -0.137. The van der Waals surface area contributed by atoms with Crippen molar-refractivity contribution in [3.8, 4) is 6.07 Å². The zero-order valence-corrected chi connectivity index (χ0v) is 11.1. The highest BCUT2D eigenvalue weighted by molar-refractivity contribution is 5.53. The number of alkyl halides is 3. The van der Waals surface area contributed by atoms with Crippen molar-refractivity contribution in [3.63, 3.8) is 0 Å². The zero-order chi connectivity index (χ0) is 15.3. The predicted octanol–water partition coefficient (Wildman–Crippen LogP) is 3.28. The van der Waals surface area contributed by atoms with Crippen molar-refractivity contribution in [1.82, 2.24) is 9.78 Å². The SMILES string of the molecule is N#Cc1ccc(NCCCn2cccn2)cc1C(F)(F)F. The standard InChI is InChI=1S/C14H13F3N4/c15-14(16,17)13-9-12(4-3-11(13)10-18)19-5-1-7-21-8-2-6-20-21/h2-4,6,8-9,19H,1,5,7H2. The fourth-order valence-electron chi connectivity index (χ4n) is 1.89. The highest BCUT2D eigenvalue weighted by Crippen LogP contribution is 2.33. The summed E-state index contributed by atoms with van der Waals surface area (Å²) in [5.74, 6) is 0. The number of aryl methyl sites for hydroxylation is 1. The van der Waals surface area contributed by atoms with Gasteiger partial charge < -0.3 is 5.32 Å². The Bertz CT molecular complexity index is 627. The Morgan fingerprint density at radius 3 is 2.76 bits per heavy atom. The Balaban J connectivity index is 1.96. The third kappa shape index (κ3) is 3.99. The lowest BCUT2D eigenvalue weighted by Gasteiger charge is -2.12. The van der Waals surface area contributed by atoms with Crippen LogP contribution >= 0.6 is 0 Å². The molecule has 0 aliphatic carbocycles. The molecule has 0 bridgehead atoms. The quantitative estimate of drug-likeness (QED) is 0.861. The lowest BCUT2D eigenvalue weighted by atomic mass is 10.1. The molecule has 1 N–H and O–H groups in total. The van der Waals surface area contributed by atoms with E-state index in [0.29, 0.717) is 18.8 Å². The first-order valence-corrected chi connectivity index (χ1v) is 6.33. The highest BCUT2D eigenvalue weighted by atomic mass is 19.4. The van der Waals surface area contributed by atoms with Crippen molar-refractivity contribution in [3.05, 3.63) is 47.8 Å². The number of aromatic nitrogens is 2. The third-order valence-corrected chi connectivity index (χ3v) is 2.90. The second-order valence-electron chi connectivity index (χ2n) is 4.42. The number of nitrogens with zero attached hydrogens (tertiary/aromatic N) is 3. The predicted molar refractivity (Wildman–Crippen MR) is 71.5 cm³/mol. The van der Waals surface area contributed by atoms with E-state index in [0.717, 1.165) is 12.5 Å². The first-order chi connectivity index (χ1) is 10.0. The van der Waals surface area contributed by atoms with Gasteiger partial charge in [-0.2, -0.15) is 23.5 Å². The molecule has 0 radical (unpaired) electrons. The normalized spacial score (nSPS) is 11.1. The fourth-order valence-corrected chi connectivity index (χ4v) is 1.89. The van der Waals surface area contributed by atoms with Crippen molar-refractivity contribution >= 4 is 5.69 Å². The molecule has 0 saturated carbocycles. The van der Waals surface area contributed by atoms with Crippen LogP contribution in [0, 0.1) is 11.3 Å². The molecule has 4 nitrogen and oxygen atoms in total. The highest BCUT2D eigenvalue weighted by Gasteiger charge is 2.33. The van der Waals surface area contributed by atoms with E-state index >= 15 is 0 Å². The summed E-state index contributed by atoms with van der Waals surface area (Å²) in [5.41, 5.74) is -0.937. The number of halogens is 3. The van der Waals surface area contributed by atoms with Crippen molar-refractivity contribution in [2.45, 2.75) is 19.1 Å². The summed E-state index contributed by atoms with van der Waals surface area (Å²) >= 11 is 0. The van der Waals surface area contributed by atoms with Crippen LogP contribution in [-0.4, -0.2) is 16.3 Å². The maximum Gasteiger partial charge on any atom is 0.417 e. The number of rotatable bonds is 5.